The van der Waals surface area contributed by atoms with E-state index in [0.29, 0.717) is 13.1 Å². The first-order chi connectivity index (χ1) is 12.3. The van der Waals surface area contributed by atoms with Crippen LogP contribution in [0, 0.1) is 0 Å². The van der Waals surface area contributed by atoms with Gasteiger partial charge in [0.2, 0.25) is 0 Å². The van der Waals surface area contributed by atoms with Gasteiger partial charge in [0, 0.05) is 12.1 Å². The number of aromatic hydroxyl groups is 1. The molecular weight excluding hydrogens is 340 g/mol. The molecule has 0 amide bonds. The van der Waals surface area contributed by atoms with Gasteiger partial charge in [-0.2, -0.15) is 0 Å². The SMILES string of the molecule is C[C@H](CCN[C@H](C)COC(=O)c1ccccc1O)NCC[C@H](O)C(=O)O. The van der Waals surface area contributed by atoms with Crippen molar-refractivity contribution >= 4 is 11.9 Å². The maximum absolute atomic E-state index is 11.9. The van der Waals surface area contributed by atoms with Crippen LogP contribution in [0.15, 0.2) is 24.3 Å². The molecule has 8 heteroatoms. The number of nitrogens with one attached hydrogen (secondary N) is 2. The monoisotopic (exact) mass is 368 g/mol. The fourth-order valence-electron chi connectivity index (χ4n) is 2.22. The molecule has 3 atom stereocenters. The molecule has 26 heavy (non-hydrogen) atoms. The number of carboxylic acid groups (broad SMARTS) is 1. The van der Waals surface area contributed by atoms with Crippen LogP contribution >= 0.6 is 0 Å². The van der Waals surface area contributed by atoms with Gasteiger partial charge in [0.25, 0.3) is 0 Å². The molecule has 8 nitrogen and oxygen atoms in total. The molecule has 0 aliphatic heterocycles. The lowest BCUT2D eigenvalue weighted by atomic mass is 10.2. The number of aliphatic hydroxyl groups excluding tert-OH is 1. The normalized spacial score (nSPS) is 14.4. The van der Waals surface area contributed by atoms with E-state index in [-0.39, 0.29) is 36.4 Å². The van der Waals surface area contributed by atoms with Gasteiger partial charge in [0.1, 0.15) is 17.9 Å². The van der Waals surface area contributed by atoms with Crippen LogP contribution in [0.25, 0.3) is 0 Å². The van der Waals surface area contributed by atoms with E-state index in [0.717, 1.165) is 6.42 Å². The summed E-state index contributed by atoms with van der Waals surface area (Å²) in [5.41, 5.74) is 0.140. The largest absolute Gasteiger partial charge is 0.507 e. The average molecular weight is 368 g/mol. The molecule has 0 saturated heterocycles. The topological polar surface area (TPSA) is 128 Å². The Labute approximate surface area is 153 Å². The van der Waals surface area contributed by atoms with Crippen LogP contribution in [0.1, 0.15) is 37.0 Å². The van der Waals surface area contributed by atoms with Gasteiger partial charge in [-0.05, 0) is 51.9 Å². The Morgan fingerprint density at radius 2 is 1.69 bits per heavy atom. The van der Waals surface area contributed by atoms with Crippen molar-refractivity contribution in [1.82, 2.24) is 10.6 Å². The van der Waals surface area contributed by atoms with E-state index in [1.165, 1.54) is 12.1 Å². The van der Waals surface area contributed by atoms with E-state index in [4.69, 9.17) is 9.84 Å². The van der Waals surface area contributed by atoms with Crippen LogP contribution in [0.5, 0.6) is 5.75 Å². The highest BCUT2D eigenvalue weighted by Gasteiger charge is 2.14. The molecule has 1 rings (SSSR count). The number of aliphatic carboxylic acids is 1. The Balaban J connectivity index is 2.16. The lowest BCUT2D eigenvalue weighted by Gasteiger charge is -2.18. The van der Waals surface area contributed by atoms with Gasteiger partial charge in [-0.25, -0.2) is 9.59 Å². The van der Waals surface area contributed by atoms with E-state index in [9.17, 15) is 19.8 Å². The number of carboxylic acids is 1. The Hall–Kier alpha value is -2.16. The molecule has 0 bridgehead atoms. The number of esters is 1. The minimum absolute atomic E-state index is 0.0502. The zero-order chi connectivity index (χ0) is 19.5. The zero-order valence-electron chi connectivity index (χ0n) is 15.1. The first kappa shape index (κ1) is 21.9. The van der Waals surface area contributed by atoms with Gasteiger partial charge >= 0.3 is 11.9 Å². The van der Waals surface area contributed by atoms with Gasteiger partial charge in [0.05, 0.1) is 0 Å². The second-order valence-corrected chi connectivity index (χ2v) is 6.26. The highest BCUT2D eigenvalue weighted by Crippen LogP contribution is 2.16. The number of rotatable bonds is 12. The van der Waals surface area contributed by atoms with Crippen molar-refractivity contribution in [3.63, 3.8) is 0 Å². The first-order valence-electron chi connectivity index (χ1n) is 8.64. The number of hydrogen-bond acceptors (Lipinski definition) is 7. The van der Waals surface area contributed by atoms with Crippen LogP contribution < -0.4 is 10.6 Å². The predicted molar refractivity (Wildman–Crippen MR) is 96.2 cm³/mol. The number of hydrogen-bond donors (Lipinski definition) is 5. The Morgan fingerprint density at radius 3 is 2.35 bits per heavy atom. The fourth-order valence-corrected chi connectivity index (χ4v) is 2.22. The number of aliphatic hydroxyl groups is 1. The van der Waals surface area contributed by atoms with E-state index >= 15 is 0 Å². The predicted octanol–water partition coefficient (Wildman–Crippen LogP) is 0.731. The molecule has 0 fully saturated rings. The summed E-state index contributed by atoms with van der Waals surface area (Å²) in [7, 11) is 0. The van der Waals surface area contributed by atoms with Crippen LogP contribution in [-0.2, 0) is 9.53 Å². The van der Waals surface area contributed by atoms with Gasteiger partial charge in [-0.3, -0.25) is 0 Å². The maximum Gasteiger partial charge on any atom is 0.341 e. The third-order valence-corrected chi connectivity index (χ3v) is 3.85. The van der Waals surface area contributed by atoms with Crippen molar-refractivity contribution in [2.24, 2.45) is 0 Å². The molecule has 1 aromatic rings. The Morgan fingerprint density at radius 1 is 1.08 bits per heavy atom. The van der Waals surface area contributed by atoms with Crippen LogP contribution in [0.3, 0.4) is 0 Å². The molecule has 0 saturated carbocycles. The molecule has 0 aliphatic rings. The van der Waals surface area contributed by atoms with Crippen LogP contribution in [0.4, 0.5) is 0 Å². The molecule has 0 unspecified atom stereocenters. The molecule has 1 aromatic carbocycles. The summed E-state index contributed by atoms with van der Waals surface area (Å²) in [4.78, 5) is 22.4. The van der Waals surface area contributed by atoms with Gasteiger partial charge < -0.3 is 30.7 Å². The number of benzene rings is 1. The van der Waals surface area contributed by atoms with Gasteiger partial charge in [-0.1, -0.05) is 12.1 Å². The van der Waals surface area contributed by atoms with Crippen molar-refractivity contribution in [3.05, 3.63) is 29.8 Å². The number of para-hydroxylation sites is 1. The zero-order valence-corrected chi connectivity index (χ0v) is 15.1. The third-order valence-electron chi connectivity index (χ3n) is 3.85. The number of phenolic OH excluding ortho intramolecular Hbond substituents is 1. The van der Waals surface area contributed by atoms with Crippen molar-refractivity contribution in [3.8, 4) is 5.75 Å². The van der Waals surface area contributed by atoms with Crippen molar-refractivity contribution in [2.45, 2.75) is 44.9 Å². The second-order valence-electron chi connectivity index (χ2n) is 6.26. The van der Waals surface area contributed by atoms with Gasteiger partial charge in [-0.15, -0.1) is 0 Å². The number of phenols is 1. The molecule has 0 heterocycles. The highest BCUT2D eigenvalue weighted by molar-refractivity contribution is 5.92. The van der Waals surface area contributed by atoms with Gasteiger partial charge in [0.15, 0.2) is 6.10 Å². The quantitative estimate of drug-likeness (QED) is 0.342. The standard InChI is InChI=1S/C18H28N2O6/c1-12(19-10-8-16(22)17(23)24)7-9-20-13(2)11-26-18(25)14-5-3-4-6-15(14)21/h3-6,12-13,16,19-22H,7-11H2,1-2H3,(H,23,24)/t12-,13-,16+/m1/s1. The lowest BCUT2D eigenvalue weighted by Crippen LogP contribution is -2.37. The van der Waals surface area contributed by atoms with E-state index < -0.39 is 18.0 Å². The molecule has 0 aromatic heterocycles. The molecule has 146 valence electrons. The summed E-state index contributed by atoms with van der Waals surface area (Å²) >= 11 is 0. The summed E-state index contributed by atoms with van der Waals surface area (Å²) in [6.45, 7) is 5.14. The molecule has 0 radical (unpaired) electrons. The fraction of sp³-hybridized carbons (Fsp3) is 0.556. The third kappa shape index (κ3) is 8.28. The minimum atomic E-state index is -1.34. The Kier molecular flexibility index (Phi) is 9.64. The van der Waals surface area contributed by atoms with Crippen molar-refractivity contribution in [2.75, 3.05) is 19.7 Å². The molecule has 0 aliphatic carbocycles. The second kappa shape index (κ2) is 11.5. The van der Waals surface area contributed by atoms with Crippen molar-refractivity contribution in [1.29, 1.82) is 0 Å². The first-order valence-corrected chi connectivity index (χ1v) is 8.64. The Bertz CT molecular complexity index is 581. The summed E-state index contributed by atoms with van der Waals surface area (Å²) in [5, 5.41) is 33.8. The molecule has 5 N–H and O–H groups in total. The maximum atomic E-state index is 11.9. The van der Waals surface area contributed by atoms with E-state index in [1.54, 1.807) is 12.1 Å². The van der Waals surface area contributed by atoms with Crippen LogP contribution in [0.2, 0.25) is 0 Å². The number of ether oxygens (including phenoxy) is 1. The summed E-state index contributed by atoms with van der Waals surface area (Å²) in [6, 6.07) is 6.33. The highest BCUT2D eigenvalue weighted by atomic mass is 16.5. The summed E-state index contributed by atoms with van der Waals surface area (Å²) in [5.74, 6) is -1.89. The average Bonchev–Trinajstić information content (AvgIpc) is 2.59. The number of carbonyl (C=O) groups excluding carboxylic acids is 1. The van der Waals surface area contributed by atoms with E-state index in [2.05, 4.69) is 10.6 Å². The lowest BCUT2D eigenvalue weighted by molar-refractivity contribution is -0.146. The number of carbonyl (C=O) groups is 2. The molecular formula is C18H28N2O6. The van der Waals surface area contributed by atoms with Crippen LogP contribution in [-0.4, -0.2) is 65.1 Å². The summed E-state index contributed by atoms with van der Waals surface area (Å²) in [6.07, 6.45) is -0.390. The van der Waals surface area contributed by atoms with E-state index in [1.807, 2.05) is 13.8 Å². The molecule has 0 spiro atoms. The smallest absolute Gasteiger partial charge is 0.341 e. The minimum Gasteiger partial charge on any atom is -0.507 e. The van der Waals surface area contributed by atoms with Crippen molar-refractivity contribution < 1.29 is 29.6 Å². The summed E-state index contributed by atoms with van der Waals surface area (Å²) < 4.78 is 5.18.